The molecule has 0 aliphatic carbocycles. The van der Waals surface area contributed by atoms with Crippen molar-refractivity contribution in [3.05, 3.63) is 122 Å². The van der Waals surface area contributed by atoms with Crippen LogP contribution in [0.5, 0.6) is 0 Å². The van der Waals surface area contributed by atoms with Crippen molar-refractivity contribution in [3.8, 4) is 0 Å². The molecule has 0 spiro atoms. The molecule has 0 rings (SSSR count). The molecule has 0 aliphatic heterocycles. The fourth-order valence-electron chi connectivity index (χ4n) is 6.50. The summed E-state index contributed by atoms with van der Waals surface area (Å²) in [6, 6.07) is 0. The van der Waals surface area contributed by atoms with E-state index in [1.54, 1.807) is 0 Å². The number of rotatable bonds is 45. The van der Waals surface area contributed by atoms with E-state index in [0.717, 1.165) is 109 Å². The van der Waals surface area contributed by atoms with Crippen molar-refractivity contribution in [2.24, 2.45) is 0 Å². The SMILES string of the molecule is CC/C=C\C/C=C\C/C=C\C/C=C\CCCCC(=O)O[C@@H](COC(=O)CCCC/C=C\C/C=C\C/C=C\CCCCC)COC(=O)CCCCCC/C=C\C/C=C\C/C=C\CCCCC. The van der Waals surface area contributed by atoms with Crippen LogP contribution in [0.25, 0.3) is 0 Å². The lowest BCUT2D eigenvalue weighted by Gasteiger charge is -2.18. The van der Waals surface area contributed by atoms with E-state index in [1.807, 2.05) is 0 Å². The summed E-state index contributed by atoms with van der Waals surface area (Å²) in [5.41, 5.74) is 0. The summed E-state index contributed by atoms with van der Waals surface area (Å²) in [6.07, 6.45) is 71.8. The Bertz CT molecular complexity index is 1400. The van der Waals surface area contributed by atoms with Crippen LogP contribution in [0.2, 0.25) is 0 Å². The van der Waals surface area contributed by atoms with E-state index in [0.29, 0.717) is 25.7 Å². The molecule has 0 bridgehead atoms. The second-order valence-electron chi connectivity index (χ2n) is 16.7. The van der Waals surface area contributed by atoms with E-state index in [9.17, 15) is 14.4 Å². The van der Waals surface area contributed by atoms with E-state index >= 15 is 0 Å². The lowest BCUT2D eigenvalue weighted by Crippen LogP contribution is -2.30. The van der Waals surface area contributed by atoms with E-state index in [2.05, 4.69) is 142 Å². The van der Waals surface area contributed by atoms with Crippen molar-refractivity contribution in [1.82, 2.24) is 0 Å². The quantitative estimate of drug-likeness (QED) is 0.0262. The molecule has 0 aromatic heterocycles. The Balaban J connectivity index is 4.58. The van der Waals surface area contributed by atoms with Crippen LogP contribution in [-0.4, -0.2) is 37.2 Å². The summed E-state index contributed by atoms with van der Waals surface area (Å²) in [4.78, 5) is 38.0. The molecule has 0 fully saturated rings. The van der Waals surface area contributed by atoms with Crippen LogP contribution in [0.4, 0.5) is 0 Å². The van der Waals surface area contributed by atoms with Gasteiger partial charge in [0.15, 0.2) is 6.10 Å². The van der Waals surface area contributed by atoms with E-state index in [4.69, 9.17) is 14.2 Å². The van der Waals surface area contributed by atoms with Gasteiger partial charge in [-0.2, -0.15) is 0 Å². The van der Waals surface area contributed by atoms with Crippen molar-refractivity contribution in [3.63, 3.8) is 0 Å². The van der Waals surface area contributed by atoms with Gasteiger partial charge in [-0.1, -0.05) is 181 Å². The third kappa shape index (κ3) is 50.7. The van der Waals surface area contributed by atoms with Gasteiger partial charge in [0.1, 0.15) is 13.2 Å². The smallest absolute Gasteiger partial charge is 0.306 e. The fourth-order valence-corrected chi connectivity index (χ4v) is 6.50. The van der Waals surface area contributed by atoms with Gasteiger partial charge in [-0.15, -0.1) is 0 Å². The molecule has 0 radical (unpaired) electrons. The van der Waals surface area contributed by atoms with Crippen LogP contribution in [0.1, 0.15) is 213 Å². The second kappa shape index (κ2) is 52.4. The van der Waals surface area contributed by atoms with Gasteiger partial charge >= 0.3 is 17.9 Å². The fraction of sp³-hybridized carbons (Fsp3) is 0.610. The summed E-state index contributed by atoms with van der Waals surface area (Å²) in [6.45, 7) is 6.36. The number of hydrogen-bond acceptors (Lipinski definition) is 6. The van der Waals surface area contributed by atoms with Gasteiger partial charge in [-0.3, -0.25) is 14.4 Å². The number of allylic oxidation sites excluding steroid dienone is 20. The van der Waals surface area contributed by atoms with Crippen LogP contribution < -0.4 is 0 Å². The molecule has 0 unspecified atom stereocenters. The maximum atomic E-state index is 12.8. The maximum Gasteiger partial charge on any atom is 0.306 e. The predicted octanol–water partition coefficient (Wildman–Crippen LogP) is 17.3. The summed E-state index contributed by atoms with van der Waals surface area (Å²) < 4.78 is 16.7. The molecule has 366 valence electrons. The molecule has 1 atom stereocenters. The van der Waals surface area contributed by atoms with Gasteiger partial charge in [0, 0.05) is 19.3 Å². The Labute approximate surface area is 399 Å². The zero-order valence-electron chi connectivity index (χ0n) is 41.7. The number of carbonyl (C=O) groups is 3. The van der Waals surface area contributed by atoms with Crippen molar-refractivity contribution < 1.29 is 28.6 Å². The van der Waals surface area contributed by atoms with Crippen molar-refractivity contribution >= 4 is 17.9 Å². The highest BCUT2D eigenvalue weighted by Gasteiger charge is 2.19. The molecule has 6 heteroatoms. The number of unbranched alkanes of at least 4 members (excludes halogenated alkanes) is 14. The zero-order valence-corrected chi connectivity index (χ0v) is 41.7. The first-order valence-electron chi connectivity index (χ1n) is 26.0. The Hall–Kier alpha value is -4.19. The maximum absolute atomic E-state index is 12.8. The molecular weight excluding hydrogens is 805 g/mol. The Kier molecular flexibility index (Phi) is 49.1. The highest BCUT2D eigenvalue weighted by molar-refractivity contribution is 5.71. The molecule has 0 aromatic carbocycles. The lowest BCUT2D eigenvalue weighted by atomic mass is 10.1. The molecule has 0 aliphatic rings. The predicted molar refractivity (Wildman–Crippen MR) is 279 cm³/mol. The number of ether oxygens (including phenoxy) is 3. The minimum atomic E-state index is -0.828. The van der Waals surface area contributed by atoms with Crippen LogP contribution in [0.15, 0.2) is 122 Å². The van der Waals surface area contributed by atoms with E-state index in [-0.39, 0.29) is 37.5 Å². The van der Waals surface area contributed by atoms with Gasteiger partial charge in [-0.05, 0) is 135 Å². The first-order valence-corrected chi connectivity index (χ1v) is 26.0. The van der Waals surface area contributed by atoms with Crippen LogP contribution in [0, 0.1) is 0 Å². The Morgan fingerprint density at radius 1 is 0.323 bits per heavy atom. The monoisotopic (exact) mass is 899 g/mol. The number of esters is 3. The summed E-state index contributed by atoms with van der Waals surface area (Å²) in [5, 5.41) is 0. The average molecular weight is 899 g/mol. The van der Waals surface area contributed by atoms with Gasteiger partial charge in [0.25, 0.3) is 0 Å². The molecule has 0 saturated heterocycles. The Morgan fingerprint density at radius 3 is 0.954 bits per heavy atom. The highest BCUT2D eigenvalue weighted by Crippen LogP contribution is 2.11. The third-order valence-electron chi connectivity index (χ3n) is 10.4. The summed E-state index contributed by atoms with van der Waals surface area (Å²) in [5.74, 6) is -1.03. The van der Waals surface area contributed by atoms with Gasteiger partial charge in [0.2, 0.25) is 0 Å². The van der Waals surface area contributed by atoms with Crippen LogP contribution >= 0.6 is 0 Å². The normalized spacial score (nSPS) is 13.1. The largest absolute Gasteiger partial charge is 0.462 e. The topological polar surface area (TPSA) is 78.9 Å². The molecule has 65 heavy (non-hydrogen) atoms. The number of carbonyl (C=O) groups excluding carboxylic acids is 3. The van der Waals surface area contributed by atoms with Crippen molar-refractivity contribution in [1.29, 1.82) is 0 Å². The summed E-state index contributed by atoms with van der Waals surface area (Å²) >= 11 is 0. The average Bonchev–Trinajstić information content (AvgIpc) is 3.30. The zero-order chi connectivity index (χ0) is 47.2. The van der Waals surface area contributed by atoms with Crippen molar-refractivity contribution in [2.75, 3.05) is 13.2 Å². The standard InChI is InChI=1S/C59H94O6/c1-4-7-10-13-16-19-22-25-28-29-32-34-37-40-43-46-49-52-58(61)64-55-56(65-59(62)53-50-47-44-41-38-35-31-27-24-21-18-15-12-9-6-3)54-63-57(60)51-48-45-42-39-36-33-30-26-23-20-17-14-11-8-5-2/h9,12,16-21,25-28,30-32,34,36,38-39,41,56H,4-8,10-11,13-15,22-24,29,33,35,37,40,42-55H2,1-3H3/b12-9-,19-16-,20-17-,21-18-,28-25-,30-26-,31-27-,34-32-,39-36-,41-38-/t56-/m0/s1. The minimum absolute atomic E-state index is 0.122. The minimum Gasteiger partial charge on any atom is -0.462 e. The van der Waals surface area contributed by atoms with E-state index < -0.39 is 6.10 Å². The van der Waals surface area contributed by atoms with E-state index in [1.165, 1.54) is 51.4 Å². The second-order valence-corrected chi connectivity index (χ2v) is 16.7. The molecule has 6 nitrogen and oxygen atoms in total. The molecule has 0 amide bonds. The molecule has 0 N–H and O–H groups in total. The van der Waals surface area contributed by atoms with Gasteiger partial charge < -0.3 is 14.2 Å². The van der Waals surface area contributed by atoms with Gasteiger partial charge in [0.05, 0.1) is 0 Å². The first kappa shape index (κ1) is 60.8. The Morgan fingerprint density at radius 2 is 0.600 bits per heavy atom. The van der Waals surface area contributed by atoms with Crippen LogP contribution in [-0.2, 0) is 28.6 Å². The van der Waals surface area contributed by atoms with Crippen LogP contribution in [0.3, 0.4) is 0 Å². The molecular formula is C59H94O6. The molecule has 0 aromatic rings. The molecule has 0 heterocycles. The summed E-state index contributed by atoms with van der Waals surface area (Å²) in [7, 11) is 0. The van der Waals surface area contributed by atoms with Gasteiger partial charge in [-0.25, -0.2) is 0 Å². The van der Waals surface area contributed by atoms with Crippen molar-refractivity contribution in [2.45, 2.75) is 219 Å². The highest BCUT2D eigenvalue weighted by atomic mass is 16.6. The third-order valence-corrected chi connectivity index (χ3v) is 10.4. The lowest BCUT2D eigenvalue weighted by molar-refractivity contribution is -0.167. The number of hydrogen-bond donors (Lipinski definition) is 0. The first-order chi connectivity index (χ1) is 32.0. The molecule has 0 saturated carbocycles.